The Bertz CT molecular complexity index is 745. The van der Waals surface area contributed by atoms with Crippen molar-refractivity contribution >= 4 is 47.2 Å². The first-order chi connectivity index (χ1) is 13.1. The maximum Gasteiger partial charge on any atom is 0.251 e. The van der Waals surface area contributed by atoms with Crippen molar-refractivity contribution < 1.29 is 4.79 Å². The van der Waals surface area contributed by atoms with Gasteiger partial charge in [0.2, 0.25) is 0 Å². The van der Waals surface area contributed by atoms with Gasteiger partial charge >= 0.3 is 0 Å². The van der Waals surface area contributed by atoms with Crippen LogP contribution in [0.3, 0.4) is 0 Å². The molecule has 0 aliphatic rings. The Labute approximate surface area is 188 Å². The van der Waals surface area contributed by atoms with Crippen LogP contribution in [0.25, 0.3) is 0 Å². The number of nitrogens with one attached hydrogen (secondary N) is 3. The fraction of sp³-hybridized carbons (Fsp3) is 0.450. The number of benzene rings is 1. The number of guanidine groups is 1. The molecule has 1 heterocycles. The monoisotopic (exact) mass is 515 g/mol. The summed E-state index contributed by atoms with van der Waals surface area (Å²) in [5, 5.41) is 10.5. The van der Waals surface area contributed by atoms with Gasteiger partial charge in [-0.05, 0) is 38.0 Å². The van der Waals surface area contributed by atoms with Crippen molar-refractivity contribution in [2.75, 3.05) is 13.1 Å². The fourth-order valence-electron chi connectivity index (χ4n) is 2.40. The molecule has 0 radical (unpaired) electrons. The Morgan fingerprint density at radius 1 is 1.14 bits per heavy atom. The molecule has 154 valence electrons. The average molecular weight is 515 g/mol. The lowest BCUT2D eigenvalue weighted by atomic mass is 10.1. The lowest BCUT2D eigenvalue weighted by Gasteiger charge is -2.10. The molecule has 1 aromatic carbocycles. The number of amides is 1. The Morgan fingerprint density at radius 3 is 2.50 bits per heavy atom. The first-order valence-electron chi connectivity index (χ1n) is 9.43. The molecule has 0 bridgehead atoms. The molecule has 0 spiro atoms. The van der Waals surface area contributed by atoms with Crippen molar-refractivity contribution in [3.05, 3.63) is 51.5 Å². The number of aryl methyl sites for hydroxylation is 1. The van der Waals surface area contributed by atoms with E-state index in [0.717, 1.165) is 42.5 Å². The standard InChI is InChI=1S/C20H29N5OS.HI/c1-4-6-11-22-19(26)17-9-7-16(8-10-17)13-24-20(21-5-2)25-14-18-23-12-15(3)27-18;/h7-10,12H,4-6,11,13-14H2,1-3H3,(H,22,26)(H2,21,24,25);1H. The number of aromatic nitrogens is 1. The van der Waals surface area contributed by atoms with Gasteiger partial charge in [0.25, 0.3) is 5.91 Å². The summed E-state index contributed by atoms with van der Waals surface area (Å²) in [5.41, 5.74) is 1.74. The van der Waals surface area contributed by atoms with Gasteiger partial charge in [0.15, 0.2) is 5.96 Å². The van der Waals surface area contributed by atoms with Gasteiger partial charge in [-0.3, -0.25) is 4.79 Å². The zero-order valence-corrected chi connectivity index (χ0v) is 19.9. The van der Waals surface area contributed by atoms with Crippen molar-refractivity contribution in [3.8, 4) is 0 Å². The maximum atomic E-state index is 12.0. The van der Waals surface area contributed by atoms with Gasteiger partial charge in [0, 0.05) is 29.7 Å². The Kier molecular flexibility index (Phi) is 11.7. The Balaban J connectivity index is 0.00000392. The van der Waals surface area contributed by atoms with E-state index >= 15 is 0 Å². The number of aliphatic imine (C=N–C) groups is 1. The van der Waals surface area contributed by atoms with E-state index in [0.29, 0.717) is 18.7 Å². The summed E-state index contributed by atoms with van der Waals surface area (Å²) in [6, 6.07) is 7.60. The van der Waals surface area contributed by atoms with Crippen LogP contribution in [0.2, 0.25) is 0 Å². The van der Waals surface area contributed by atoms with Crippen LogP contribution in [0, 0.1) is 6.92 Å². The second-order valence-corrected chi connectivity index (χ2v) is 7.54. The zero-order chi connectivity index (χ0) is 19.5. The molecular weight excluding hydrogens is 485 g/mol. The minimum atomic E-state index is -0.0211. The minimum absolute atomic E-state index is 0. The smallest absolute Gasteiger partial charge is 0.251 e. The average Bonchev–Trinajstić information content (AvgIpc) is 3.10. The molecule has 0 atom stereocenters. The van der Waals surface area contributed by atoms with E-state index in [1.807, 2.05) is 44.3 Å². The van der Waals surface area contributed by atoms with Gasteiger partial charge in [-0.2, -0.15) is 0 Å². The van der Waals surface area contributed by atoms with Crippen LogP contribution >= 0.6 is 35.3 Å². The number of rotatable bonds is 9. The van der Waals surface area contributed by atoms with E-state index in [1.165, 1.54) is 4.88 Å². The van der Waals surface area contributed by atoms with E-state index in [9.17, 15) is 4.79 Å². The predicted octanol–water partition coefficient (Wildman–Crippen LogP) is 3.85. The molecule has 1 amide bonds. The molecule has 0 unspecified atom stereocenters. The lowest BCUT2D eigenvalue weighted by molar-refractivity contribution is 0.0953. The van der Waals surface area contributed by atoms with Crippen molar-refractivity contribution in [2.24, 2.45) is 4.99 Å². The molecule has 2 rings (SSSR count). The van der Waals surface area contributed by atoms with Gasteiger partial charge in [-0.15, -0.1) is 35.3 Å². The van der Waals surface area contributed by atoms with E-state index < -0.39 is 0 Å². The highest BCUT2D eigenvalue weighted by Crippen LogP contribution is 2.10. The summed E-state index contributed by atoms with van der Waals surface area (Å²) >= 11 is 1.68. The molecule has 0 fully saturated rings. The minimum Gasteiger partial charge on any atom is -0.357 e. The van der Waals surface area contributed by atoms with Gasteiger partial charge in [-0.25, -0.2) is 9.98 Å². The van der Waals surface area contributed by atoms with Crippen LogP contribution in [0.15, 0.2) is 35.5 Å². The lowest BCUT2D eigenvalue weighted by Crippen LogP contribution is -2.36. The summed E-state index contributed by atoms with van der Waals surface area (Å²) in [7, 11) is 0. The third-order valence-corrected chi connectivity index (χ3v) is 4.78. The third kappa shape index (κ3) is 8.55. The topological polar surface area (TPSA) is 78.4 Å². The molecule has 0 aliphatic carbocycles. The molecular formula is C20H30IN5OS. The molecule has 0 aliphatic heterocycles. The van der Waals surface area contributed by atoms with E-state index in [4.69, 9.17) is 0 Å². The van der Waals surface area contributed by atoms with E-state index in [1.54, 1.807) is 11.3 Å². The normalized spacial score (nSPS) is 10.9. The number of unbranched alkanes of at least 4 members (excludes halogenated alkanes) is 1. The number of halogens is 1. The number of carbonyl (C=O) groups excluding carboxylic acids is 1. The van der Waals surface area contributed by atoms with Crippen LogP contribution in [0.5, 0.6) is 0 Å². The maximum absolute atomic E-state index is 12.0. The predicted molar refractivity (Wildman–Crippen MR) is 128 cm³/mol. The highest BCUT2D eigenvalue weighted by atomic mass is 127. The van der Waals surface area contributed by atoms with Crippen LogP contribution in [0.4, 0.5) is 0 Å². The molecule has 1 aromatic heterocycles. The third-order valence-electron chi connectivity index (χ3n) is 3.87. The molecule has 3 N–H and O–H groups in total. The molecule has 0 saturated heterocycles. The molecule has 28 heavy (non-hydrogen) atoms. The summed E-state index contributed by atoms with van der Waals surface area (Å²) < 4.78 is 0. The SMILES string of the molecule is CCCCNC(=O)c1ccc(CN=C(NCC)NCc2ncc(C)s2)cc1.I. The number of carbonyl (C=O) groups is 1. The second kappa shape index (κ2) is 13.5. The van der Waals surface area contributed by atoms with Crippen LogP contribution in [-0.4, -0.2) is 29.9 Å². The Hall–Kier alpha value is -1.68. The fourth-order valence-corrected chi connectivity index (χ4v) is 3.12. The Morgan fingerprint density at radius 2 is 1.89 bits per heavy atom. The molecule has 8 heteroatoms. The highest BCUT2D eigenvalue weighted by Gasteiger charge is 2.05. The summed E-state index contributed by atoms with van der Waals surface area (Å²) in [4.78, 5) is 22.2. The number of hydrogen-bond acceptors (Lipinski definition) is 4. The van der Waals surface area contributed by atoms with E-state index in [2.05, 4.69) is 32.9 Å². The summed E-state index contributed by atoms with van der Waals surface area (Å²) in [6.45, 7) is 8.91. The summed E-state index contributed by atoms with van der Waals surface area (Å²) in [5.74, 6) is 0.735. The number of nitrogens with zero attached hydrogens (tertiary/aromatic N) is 2. The first-order valence-corrected chi connectivity index (χ1v) is 10.2. The van der Waals surface area contributed by atoms with Crippen LogP contribution in [-0.2, 0) is 13.1 Å². The van der Waals surface area contributed by atoms with Gasteiger partial charge in [-0.1, -0.05) is 25.5 Å². The van der Waals surface area contributed by atoms with Gasteiger partial charge < -0.3 is 16.0 Å². The zero-order valence-electron chi connectivity index (χ0n) is 16.7. The van der Waals surface area contributed by atoms with E-state index in [-0.39, 0.29) is 29.9 Å². The van der Waals surface area contributed by atoms with Crippen molar-refractivity contribution in [1.82, 2.24) is 20.9 Å². The summed E-state index contributed by atoms with van der Waals surface area (Å²) in [6.07, 6.45) is 3.95. The van der Waals surface area contributed by atoms with Crippen LogP contribution < -0.4 is 16.0 Å². The quantitative estimate of drug-likeness (QED) is 0.205. The largest absolute Gasteiger partial charge is 0.357 e. The molecule has 6 nitrogen and oxygen atoms in total. The van der Waals surface area contributed by atoms with Crippen molar-refractivity contribution in [3.63, 3.8) is 0 Å². The van der Waals surface area contributed by atoms with Crippen molar-refractivity contribution in [1.29, 1.82) is 0 Å². The number of hydrogen-bond donors (Lipinski definition) is 3. The molecule has 2 aromatic rings. The second-order valence-electron chi connectivity index (χ2n) is 6.22. The van der Waals surface area contributed by atoms with Crippen LogP contribution in [0.1, 0.15) is 52.5 Å². The van der Waals surface area contributed by atoms with Crippen molar-refractivity contribution in [2.45, 2.75) is 46.7 Å². The van der Waals surface area contributed by atoms with Gasteiger partial charge in [0.05, 0.1) is 13.1 Å². The number of thiazole rings is 1. The highest BCUT2D eigenvalue weighted by molar-refractivity contribution is 14.0. The first kappa shape index (κ1) is 24.4. The molecule has 0 saturated carbocycles. The van der Waals surface area contributed by atoms with Gasteiger partial charge in [0.1, 0.15) is 5.01 Å².